The fraction of sp³-hybridized carbons (Fsp3) is 0.462. The summed E-state index contributed by atoms with van der Waals surface area (Å²) in [5, 5.41) is 9.80. The van der Waals surface area contributed by atoms with Crippen LogP contribution in [0.1, 0.15) is 86.1 Å². The van der Waals surface area contributed by atoms with Crippen molar-refractivity contribution in [2.45, 2.75) is 83.9 Å². The van der Waals surface area contributed by atoms with E-state index >= 15 is 0 Å². The molecule has 50 heavy (non-hydrogen) atoms. The first kappa shape index (κ1) is 35.2. The number of hydrogen-bond donors (Lipinski definition) is 2. The molecule has 0 unspecified atom stereocenters. The number of hydrogen-bond acceptors (Lipinski definition) is 8. The van der Waals surface area contributed by atoms with Crippen LogP contribution in [0.5, 0.6) is 0 Å². The summed E-state index contributed by atoms with van der Waals surface area (Å²) in [5.74, 6) is -0.0608. The van der Waals surface area contributed by atoms with E-state index in [0.29, 0.717) is 25.3 Å². The number of likely N-dealkylation sites (N-methyl/N-ethyl adjacent to an activating group) is 1. The molecule has 264 valence electrons. The van der Waals surface area contributed by atoms with Crippen molar-refractivity contribution in [1.29, 1.82) is 0 Å². The van der Waals surface area contributed by atoms with Gasteiger partial charge in [0.2, 0.25) is 11.8 Å². The molecule has 4 aromatic rings. The molecule has 2 fully saturated rings. The topological polar surface area (TPSA) is 121 Å². The second-order valence-corrected chi connectivity index (χ2v) is 14.8. The molecular weight excluding hydrogens is 630 g/mol. The Labute approximate surface area is 294 Å². The Bertz CT molecular complexity index is 1840. The number of nitrogens with one attached hydrogen (secondary N) is 2. The highest BCUT2D eigenvalue weighted by Crippen LogP contribution is 2.31. The summed E-state index contributed by atoms with van der Waals surface area (Å²) in [6.07, 6.45) is 6.48. The number of aromatic nitrogens is 3. The average molecular weight is 680 g/mol. The fourth-order valence-corrected chi connectivity index (χ4v) is 7.02. The largest absolute Gasteiger partial charge is 0.444 e. The van der Waals surface area contributed by atoms with Crippen molar-refractivity contribution in [3.05, 3.63) is 88.9 Å². The monoisotopic (exact) mass is 679 g/mol. The van der Waals surface area contributed by atoms with E-state index in [0.717, 1.165) is 79.0 Å². The maximum absolute atomic E-state index is 12.3. The number of alkyl carbamates (subject to hydrolysis) is 1. The molecule has 3 amide bonds. The summed E-state index contributed by atoms with van der Waals surface area (Å²) in [7, 11) is 2.17. The zero-order valence-corrected chi connectivity index (χ0v) is 29.9. The third-order valence-corrected chi connectivity index (χ3v) is 9.79. The van der Waals surface area contributed by atoms with Crippen LogP contribution in [0.3, 0.4) is 0 Å². The Balaban J connectivity index is 0.988. The SMILES string of the molecule is Cc1cc(-c2ncnn3cc(CN(C)CCN4CCC(c5ccc([C@@H]6CCC(=O)NC6=O)cc5)CC4)cc23)ccc1CNC(=O)OC(C)(C)C. The van der Waals surface area contributed by atoms with E-state index in [2.05, 4.69) is 80.2 Å². The highest BCUT2D eigenvalue weighted by Gasteiger charge is 2.28. The van der Waals surface area contributed by atoms with Crippen LogP contribution in [0, 0.1) is 6.92 Å². The van der Waals surface area contributed by atoms with Gasteiger partial charge in [-0.25, -0.2) is 14.3 Å². The van der Waals surface area contributed by atoms with Crippen LogP contribution in [0.15, 0.2) is 61.1 Å². The number of carbonyl (C=O) groups is 3. The van der Waals surface area contributed by atoms with E-state index in [1.807, 2.05) is 44.3 Å². The summed E-state index contributed by atoms with van der Waals surface area (Å²) < 4.78 is 7.27. The zero-order valence-electron chi connectivity index (χ0n) is 29.9. The van der Waals surface area contributed by atoms with Crippen molar-refractivity contribution >= 4 is 23.4 Å². The Morgan fingerprint density at radius 1 is 1.04 bits per heavy atom. The van der Waals surface area contributed by atoms with Crippen LogP contribution < -0.4 is 10.6 Å². The molecule has 2 aromatic heterocycles. The maximum atomic E-state index is 12.3. The molecule has 2 N–H and O–H groups in total. The second-order valence-electron chi connectivity index (χ2n) is 14.8. The standard InChI is InChI=1S/C39H49N7O4/c1-26-20-31(10-11-32(26)22-40-38(49)50-39(2,3)4)36-34-21-27(24-46(34)42-25-41-36)23-44(5)18-19-45-16-14-29(15-17-45)28-6-8-30(9-7-28)33-12-13-35(47)43-37(33)48/h6-11,20-21,24-25,29,33H,12-19,22-23H2,1-5H3,(H,40,49)(H,43,47,48)/t33-/m0/s1. The lowest BCUT2D eigenvalue weighted by molar-refractivity contribution is -0.134. The molecule has 11 heteroatoms. The summed E-state index contributed by atoms with van der Waals surface area (Å²) in [5.41, 5.74) is 7.89. The molecule has 4 heterocycles. The third-order valence-electron chi connectivity index (χ3n) is 9.79. The lowest BCUT2D eigenvalue weighted by atomic mass is 9.86. The molecule has 1 atom stereocenters. The number of ether oxygens (including phenoxy) is 1. The first-order valence-electron chi connectivity index (χ1n) is 17.7. The van der Waals surface area contributed by atoms with E-state index in [1.165, 1.54) is 11.1 Å². The molecule has 2 aromatic carbocycles. The second kappa shape index (κ2) is 15.1. The summed E-state index contributed by atoms with van der Waals surface area (Å²) in [6.45, 7) is 12.9. The van der Waals surface area contributed by atoms with Gasteiger partial charge in [-0.1, -0.05) is 36.4 Å². The fourth-order valence-electron chi connectivity index (χ4n) is 7.02. The predicted molar refractivity (Wildman–Crippen MR) is 193 cm³/mol. The van der Waals surface area contributed by atoms with Gasteiger partial charge >= 0.3 is 6.09 Å². The smallest absolute Gasteiger partial charge is 0.407 e. The van der Waals surface area contributed by atoms with Crippen molar-refractivity contribution < 1.29 is 19.1 Å². The van der Waals surface area contributed by atoms with E-state index in [1.54, 1.807) is 6.33 Å². The molecule has 6 rings (SSSR count). The molecule has 11 nitrogen and oxygen atoms in total. The van der Waals surface area contributed by atoms with Gasteiger partial charge in [-0.3, -0.25) is 14.9 Å². The number of amides is 3. The Hall–Kier alpha value is -4.61. The van der Waals surface area contributed by atoms with E-state index in [9.17, 15) is 14.4 Å². The van der Waals surface area contributed by atoms with Crippen molar-refractivity contribution in [2.24, 2.45) is 0 Å². The number of likely N-dealkylation sites (tertiary alicyclic amines) is 1. The van der Waals surface area contributed by atoms with Gasteiger partial charge in [0, 0.05) is 44.4 Å². The van der Waals surface area contributed by atoms with Crippen LogP contribution in [0.4, 0.5) is 4.79 Å². The molecule has 0 saturated carbocycles. The van der Waals surface area contributed by atoms with Gasteiger partial charge in [0.1, 0.15) is 11.9 Å². The minimum absolute atomic E-state index is 0.175. The molecule has 2 saturated heterocycles. The van der Waals surface area contributed by atoms with Gasteiger partial charge in [0.05, 0.1) is 17.1 Å². The number of fused-ring (bicyclic) bond motifs is 1. The van der Waals surface area contributed by atoms with E-state index in [-0.39, 0.29) is 17.7 Å². The van der Waals surface area contributed by atoms with Crippen LogP contribution in [-0.2, 0) is 27.4 Å². The highest BCUT2D eigenvalue weighted by atomic mass is 16.6. The van der Waals surface area contributed by atoms with Crippen molar-refractivity contribution in [2.75, 3.05) is 33.2 Å². The predicted octanol–water partition coefficient (Wildman–Crippen LogP) is 5.56. The number of benzene rings is 2. The van der Waals surface area contributed by atoms with Gasteiger partial charge in [0.25, 0.3) is 0 Å². The summed E-state index contributed by atoms with van der Waals surface area (Å²) in [4.78, 5) is 45.5. The molecule has 0 aliphatic carbocycles. The van der Waals surface area contributed by atoms with Crippen molar-refractivity contribution in [3.8, 4) is 11.3 Å². The van der Waals surface area contributed by atoms with Crippen molar-refractivity contribution in [1.82, 2.24) is 35.0 Å². The third kappa shape index (κ3) is 8.75. The zero-order chi connectivity index (χ0) is 35.4. The number of aryl methyl sites for hydroxylation is 1. The molecule has 2 aliphatic heterocycles. The quantitative estimate of drug-likeness (QED) is 0.209. The molecule has 0 bridgehead atoms. The molecule has 0 radical (unpaired) electrons. The highest BCUT2D eigenvalue weighted by molar-refractivity contribution is 6.00. The van der Waals surface area contributed by atoms with Crippen molar-refractivity contribution in [3.63, 3.8) is 0 Å². The lowest BCUT2D eigenvalue weighted by Crippen LogP contribution is -2.39. The first-order valence-corrected chi connectivity index (χ1v) is 17.7. The van der Waals surface area contributed by atoms with Gasteiger partial charge in [-0.2, -0.15) is 5.10 Å². The Kier molecular flexibility index (Phi) is 10.6. The first-order chi connectivity index (χ1) is 23.9. The average Bonchev–Trinajstić information content (AvgIpc) is 3.49. The minimum Gasteiger partial charge on any atom is -0.444 e. The maximum Gasteiger partial charge on any atom is 0.407 e. The number of nitrogens with zero attached hydrogens (tertiary/aromatic N) is 5. The number of rotatable bonds is 10. The van der Waals surface area contributed by atoms with Crippen LogP contribution in [0.2, 0.25) is 0 Å². The van der Waals surface area contributed by atoms with Gasteiger partial charge < -0.3 is 19.9 Å². The van der Waals surface area contributed by atoms with Crippen LogP contribution in [-0.4, -0.2) is 81.1 Å². The van der Waals surface area contributed by atoms with Gasteiger partial charge in [0.15, 0.2) is 0 Å². The molecular formula is C39H49N7O4. The normalized spacial score (nSPS) is 17.7. The molecule has 0 spiro atoms. The van der Waals surface area contributed by atoms with Gasteiger partial charge in [-0.15, -0.1) is 0 Å². The van der Waals surface area contributed by atoms with Gasteiger partial charge in [-0.05, 0) is 113 Å². The van der Waals surface area contributed by atoms with E-state index in [4.69, 9.17) is 4.74 Å². The Morgan fingerprint density at radius 3 is 2.48 bits per heavy atom. The Morgan fingerprint density at radius 2 is 1.78 bits per heavy atom. The number of piperidine rings is 2. The van der Waals surface area contributed by atoms with E-state index < -0.39 is 11.7 Å². The minimum atomic E-state index is -0.538. The molecule has 2 aliphatic rings. The van der Waals surface area contributed by atoms with Crippen LogP contribution in [0.25, 0.3) is 16.8 Å². The number of carbonyl (C=O) groups excluding carboxylic acids is 3. The summed E-state index contributed by atoms with van der Waals surface area (Å²) >= 11 is 0. The number of imide groups is 1. The van der Waals surface area contributed by atoms with Crippen LogP contribution >= 0.6 is 0 Å². The summed E-state index contributed by atoms with van der Waals surface area (Å²) in [6, 6.07) is 16.8. The lowest BCUT2D eigenvalue weighted by Gasteiger charge is -2.33.